The molecule has 0 aliphatic carbocycles. The molecule has 18 heavy (non-hydrogen) atoms. The smallest absolute Gasteiger partial charge is 0.241 e. The molecule has 100 valence electrons. The molecule has 3 N–H and O–H groups in total. The van der Waals surface area contributed by atoms with Crippen molar-refractivity contribution in [2.75, 3.05) is 5.32 Å². The summed E-state index contributed by atoms with van der Waals surface area (Å²) in [5.74, 6) is -4.36. The molecule has 0 aliphatic heterocycles. The maximum Gasteiger partial charge on any atom is 0.241 e. The van der Waals surface area contributed by atoms with E-state index in [9.17, 15) is 18.0 Å². The van der Waals surface area contributed by atoms with Crippen molar-refractivity contribution in [3.05, 3.63) is 29.6 Å². The van der Waals surface area contributed by atoms with Gasteiger partial charge in [0.25, 0.3) is 0 Å². The van der Waals surface area contributed by atoms with E-state index in [4.69, 9.17) is 5.73 Å². The third kappa shape index (κ3) is 3.22. The number of hydrogen-bond acceptors (Lipinski definition) is 2. The maximum absolute atomic E-state index is 13.3. The van der Waals surface area contributed by atoms with Crippen molar-refractivity contribution in [1.82, 2.24) is 0 Å². The van der Waals surface area contributed by atoms with Crippen LogP contribution in [0.25, 0.3) is 0 Å². The lowest BCUT2D eigenvalue weighted by atomic mass is 9.87. The molecule has 1 aromatic carbocycles. The number of amides is 1. The minimum absolute atomic E-state index is 0.397. The van der Waals surface area contributed by atoms with E-state index >= 15 is 0 Å². The van der Waals surface area contributed by atoms with Gasteiger partial charge in [0, 0.05) is 12.1 Å². The number of nitrogens with one attached hydrogen (secondary N) is 1. The minimum atomic E-state index is -1.37. The molecule has 1 amide bonds. The highest BCUT2D eigenvalue weighted by molar-refractivity contribution is 5.95. The molecule has 3 nitrogen and oxygen atoms in total. The molecule has 0 aliphatic rings. The molecule has 0 aromatic heterocycles. The van der Waals surface area contributed by atoms with Crippen molar-refractivity contribution in [1.29, 1.82) is 0 Å². The number of carbonyl (C=O) groups is 1. The average molecular weight is 260 g/mol. The number of rotatable bonds is 2. The summed E-state index contributed by atoms with van der Waals surface area (Å²) >= 11 is 0. The van der Waals surface area contributed by atoms with Crippen LogP contribution in [0.3, 0.4) is 0 Å². The molecule has 0 fully saturated rings. The van der Waals surface area contributed by atoms with Gasteiger partial charge in [0.05, 0.1) is 11.7 Å². The molecule has 0 spiro atoms. The third-order valence-electron chi connectivity index (χ3n) is 2.47. The molecule has 0 heterocycles. The predicted molar refractivity (Wildman–Crippen MR) is 62.4 cm³/mol. The maximum atomic E-state index is 13.3. The largest absolute Gasteiger partial charge is 0.322 e. The molecule has 0 saturated carbocycles. The van der Waals surface area contributed by atoms with Crippen LogP contribution in [0, 0.1) is 22.9 Å². The summed E-state index contributed by atoms with van der Waals surface area (Å²) in [5, 5.41) is 2.08. The van der Waals surface area contributed by atoms with Gasteiger partial charge in [-0.25, -0.2) is 13.2 Å². The summed E-state index contributed by atoms with van der Waals surface area (Å²) < 4.78 is 39.1. The van der Waals surface area contributed by atoms with Gasteiger partial charge in [-0.2, -0.15) is 0 Å². The quantitative estimate of drug-likeness (QED) is 0.802. The van der Waals surface area contributed by atoms with Gasteiger partial charge in [-0.15, -0.1) is 0 Å². The van der Waals surface area contributed by atoms with Gasteiger partial charge in [0.1, 0.15) is 5.82 Å². The van der Waals surface area contributed by atoms with Gasteiger partial charge >= 0.3 is 0 Å². The number of benzene rings is 1. The van der Waals surface area contributed by atoms with Crippen molar-refractivity contribution < 1.29 is 18.0 Å². The summed E-state index contributed by atoms with van der Waals surface area (Å²) in [7, 11) is 0. The van der Waals surface area contributed by atoms with Crippen LogP contribution in [0.5, 0.6) is 0 Å². The zero-order valence-corrected chi connectivity index (χ0v) is 10.4. The Balaban J connectivity index is 2.96. The molecule has 1 atom stereocenters. The zero-order valence-electron chi connectivity index (χ0n) is 10.4. The van der Waals surface area contributed by atoms with E-state index in [1.807, 2.05) is 0 Å². The second-order valence-electron chi connectivity index (χ2n) is 5.08. The van der Waals surface area contributed by atoms with Crippen LogP contribution in [0.15, 0.2) is 12.1 Å². The number of halogens is 3. The Morgan fingerprint density at radius 1 is 1.28 bits per heavy atom. The molecule has 0 bridgehead atoms. The van der Waals surface area contributed by atoms with Crippen LogP contribution in [0.4, 0.5) is 18.9 Å². The first-order valence-electron chi connectivity index (χ1n) is 5.34. The van der Waals surface area contributed by atoms with Crippen LogP contribution >= 0.6 is 0 Å². The molecule has 0 radical (unpaired) electrons. The van der Waals surface area contributed by atoms with Crippen molar-refractivity contribution in [2.24, 2.45) is 11.1 Å². The van der Waals surface area contributed by atoms with Gasteiger partial charge in [-0.3, -0.25) is 4.79 Å². The van der Waals surface area contributed by atoms with E-state index in [-0.39, 0.29) is 0 Å². The molecule has 6 heteroatoms. The number of hydrogen-bond donors (Lipinski definition) is 2. The third-order valence-corrected chi connectivity index (χ3v) is 2.47. The lowest BCUT2D eigenvalue weighted by molar-refractivity contribution is -0.119. The monoisotopic (exact) mass is 260 g/mol. The first-order chi connectivity index (χ1) is 8.12. The number of anilines is 1. The van der Waals surface area contributed by atoms with Crippen LogP contribution in [0.1, 0.15) is 20.8 Å². The van der Waals surface area contributed by atoms with Crippen molar-refractivity contribution in [3.8, 4) is 0 Å². The van der Waals surface area contributed by atoms with E-state index < -0.39 is 40.5 Å². The summed E-state index contributed by atoms with van der Waals surface area (Å²) in [6, 6.07) is 0.170. The fourth-order valence-electron chi connectivity index (χ4n) is 1.25. The van der Waals surface area contributed by atoms with Crippen LogP contribution in [-0.4, -0.2) is 11.9 Å². The van der Waals surface area contributed by atoms with E-state index in [2.05, 4.69) is 5.32 Å². The standard InChI is InChI=1S/C12H15F3N2O/c1-12(2,3)10(16)11(18)17-8-5-6(13)4-7(14)9(8)15/h4-5,10H,16H2,1-3H3,(H,17,18). The fourth-order valence-corrected chi connectivity index (χ4v) is 1.25. The van der Waals surface area contributed by atoms with E-state index in [1.165, 1.54) is 0 Å². The summed E-state index contributed by atoms with van der Waals surface area (Å²) in [6.45, 7) is 5.17. The normalized spacial score (nSPS) is 13.3. The molecule has 1 rings (SSSR count). The Labute approximate surface area is 103 Å². The van der Waals surface area contributed by atoms with E-state index in [1.54, 1.807) is 20.8 Å². The van der Waals surface area contributed by atoms with Crippen molar-refractivity contribution in [3.63, 3.8) is 0 Å². The van der Waals surface area contributed by atoms with Gasteiger partial charge < -0.3 is 11.1 Å². The molecular weight excluding hydrogens is 245 g/mol. The second kappa shape index (κ2) is 4.97. The predicted octanol–water partition coefficient (Wildman–Crippen LogP) is 2.42. The van der Waals surface area contributed by atoms with Gasteiger partial charge in [-0.1, -0.05) is 20.8 Å². The SMILES string of the molecule is CC(C)(C)C(N)C(=O)Nc1cc(F)cc(F)c1F. The molecular formula is C12H15F3N2O. The highest BCUT2D eigenvalue weighted by Crippen LogP contribution is 2.22. The lowest BCUT2D eigenvalue weighted by Gasteiger charge is -2.25. The van der Waals surface area contributed by atoms with Crippen LogP contribution in [0.2, 0.25) is 0 Å². The Kier molecular flexibility index (Phi) is 4.01. The number of nitrogens with two attached hydrogens (primary N) is 1. The minimum Gasteiger partial charge on any atom is -0.322 e. The Hall–Kier alpha value is -1.56. The van der Waals surface area contributed by atoms with E-state index in [0.717, 1.165) is 0 Å². The van der Waals surface area contributed by atoms with Gasteiger partial charge in [0.2, 0.25) is 5.91 Å². The summed E-state index contributed by atoms with van der Waals surface area (Å²) in [6.07, 6.45) is 0. The number of carbonyl (C=O) groups excluding carboxylic acids is 1. The van der Waals surface area contributed by atoms with Gasteiger partial charge in [0.15, 0.2) is 11.6 Å². The average Bonchev–Trinajstić information content (AvgIpc) is 2.22. The molecule has 1 aromatic rings. The highest BCUT2D eigenvalue weighted by Gasteiger charge is 2.28. The Morgan fingerprint density at radius 2 is 1.83 bits per heavy atom. The van der Waals surface area contributed by atoms with E-state index in [0.29, 0.717) is 12.1 Å². The zero-order chi connectivity index (χ0) is 14.1. The van der Waals surface area contributed by atoms with Crippen molar-refractivity contribution >= 4 is 11.6 Å². The Morgan fingerprint density at radius 3 is 2.33 bits per heavy atom. The fraction of sp³-hybridized carbons (Fsp3) is 0.417. The van der Waals surface area contributed by atoms with Crippen LogP contribution < -0.4 is 11.1 Å². The first-order valence-corrected chi connectivity index (χ1v) is 5.34. The van der Waals surface area contributed by atoms with Crippen LogP contribution in [-0.2, 0) is 4.79 Å². The second-order valence-corrected chi connectivity index (χ2v) is 5.08. The molecule has 1 unspecified atom stereocenters. The highest BCUT2D eigenvalue weighted by atomic mass is 19.2. The molecule has 0 saturated heterocycles. The van der Waals surface area contributed by atoms with Gasteiger partial charge in [-0.05, 0) is 5.41 Å². The summed E-state index contributed by atoms with van der Waals surface area (Å²) in [5.41, 5.74) is 4.54. The first kappa shape index (κ1) is 14.5. The Bertz CT molecular complexity index is 469. The summed E-state index contributed by atoms with van der Waals surface area (Å²) in [4.78, 5) is 11.7. The van der Waals surface area contributed by atoms with Crippen molar-refractivity contribution in [2.45, 2.75) is 26.8 Å². The lowest BCUT2D eigenvalue weighted by Crippen LogP contribution is -2.45. The topological polar surface area (TPSA) is 55.1 Å².